The van der Waals surface area contributed by atoms with Crippen LogP contribution in [0.4, 0.5) is 5.69 Å². The Morgan fingerprint density at radius 1 is 1.08 bits per heavy atom. The number of rotatable bonds is 4. The number of carbonyl (C=O) groups excluding carboxylic acids is 1. The van der Waals surface area contributed by atoms with Crippen molar-refractivity contribution in [1.29, 1.82) is 0 Å². The van der Waals surface area contributed by atoms with Gasteiger partial charge in [0.15, 0.2) is 0 Å². The van der Waals surface area contributed by atoms with E-state index in [1.165, 1.54) is 18.4 Å². The van der Waals surface area contributed by atoms with Gasteiger partial charge in [0.2, 0.25) is 0 Å². The van der Waals surface area contributed by atoms with Gasteiger partial charge in [-0.1, -0.05) is 29.8 Å². The van der Waals surface area contributed by atoms with Gasteiger partial charge in [0.05, 0.1) is 0 Å². The van der Waals surface area contributed by atoms with Crippen molar-refractivity contribution in [2.45, 2.75) is 33.1 Å². The third-order valence-electron chi connectivity index (χ3n) is 4.83. The van der Waals surface area contributed by atoms with Gasteiger partial charge in [-0.15, -0.1) is 0 Å². The van der Waals surface area contributed by atoms with Crippen LogP contribution in [-0.4, -0.2) is 19.0 Å². The molecule has 0 unspecified atom stereocenters. The largest absolute Gasteiger partial charge is 0.322 e. The molecule has 0 atom stereocenters. The number of anilines is 1. The zero-order chi connectivity index (χ0) is 16.9. The van der Waals surface area contributed by atoms with E-state index in [1.807, 2.05) is 44.2 Å². The average molecular weight is 322 g/mol. The number of piperidine rings is 1. The van der Waals surface area contributed by atoms with Crippen molar-refractivity contribution < 1.29 is 4.79 Å². The Morgan fingerprint density at radius 3 is 2.50 bits per heavy atom. The summed E-state index contributed by atoms with van der Waals surface area (Å²) >= 11 is 0. The highest BCUT2D eigenvalue weighted by Crippen LogP contribution is 2.20. The van der Waals surface area contributed by atoms with Crippen molar-refractivity contribution in [1.82, 2.24) is 5.32 Å². The van der Waals surface area contributed by atoms with Crippen molar-refractivity contribution in [2.75, 3.05) is 18.4 Å². The molecule has 0 saturated carbocycles. The Morgan fingerprint density at radius 2 is 1.79 bits per heavy atom. The summed E-state index contributed by atoms with van der Waals surface area (Å²) in [6, 6.07) is 14.3. The molecule has 0 aliphatic carbocycles. The number of aryl methyl sites for hydroxylation is 2. The maximum Gasteiger partial charge on any atom is 0.255 e. The second kappa shape index (κ2) is 7.63. The van der Waals surface area contributed by atoms with Crippen LogP contribution in [0, 0.1) is 19.8 Å². The number of amides is 1. The van der Waals surface area contributed by atoms with Crippen LogP contribution in [0.2, 0.25) is 0 Å². The topological polar surface area (TPSA) is 41.1 Å². The summed E-state index contributed by atoms with van der Waals surface area (Å²) in [5.41, 5.74) is 5.05. The van der Waals surface area contributed by atoms with Gasteiger partial charge in [-0.05, 0) is 81.4 Å². The molecule has 0 bridgehead atoms. The van der Waals surface area contributed by atoms with E-state index in [1.54, 1.807) is 0 Å². The van der Waals surface area contributed by atoms with E-state index in [-0.39, 0.29) is 5.91 Å². The van der Waals surface area contributed by atoms with E-state index in [0.29, 0.717) is 0 Å². The third kappa shape index (κ3) is 4.24. The molecule has 1 saturated heterocycles. The number of hydrogen-bond donors (Lipinski definition) is 2. The quantitative estimate of drug-likeness (QED) is 0.890. The molecular formula is C21H26N2O. The molecule has 0 spiro atoms. The SMILES string of the molecule is Cc1ccc(C)c(C(=O)Nc2ccc(CC3CCNCC3)cc2)c1. The molecule has 1 fully saturated rings. The second-order valence-corrected chi connectivity index (χ2v) is 6.87. The first kappa shape index (κ1) is 16.7. The number of hydrogen-bond acceptors (Lipinski definition) is 2. The van der Waals surface area contributed by atoms with Gasteiger partial charge in [-0.25, -0.2) is 0 Å². The highest BCUT2D eigenvalue weighted by Gasteiger charge is 2.14. The molecule has 3 heteroatoms. The Kier molecular flexibility index (Phi) is 5.31. The van der Waals surface area contributed by atoms with Gasteiger partial charge < -0.3 is 10.6 Å². The van der Waals surface area contributed by atoms with E-state index < -0.39 is 0 Å². The molecule has 3 nitrogen and oxygen atoms in total. The fraction of sp³-hybridized carbons (Fsp3) is 0.381. The van der Waals surface area contributed by atoms with Gasteiger partial charge in [0, 0.05) is 11.3 Å². The first-order chi connectivity index (χ1) is 11.6. The zero-order valence-electron chi connectivity index (χ0n) is 14.6. The summed E-state index contributed by atoms with van der Waals surface area (Å²) in [6.07, 6.45) is 3.64. The summed E-state index contributed by atoms with van der Waals surface area (Å²) in [5, 5.41) is 6.42. The van der Waals surface area contributed by atoms with Gasteiger partial charge in [-0.3, -0.25) is 4.79 Å². The van der Waals surface area contributed by atoms with Crippen molar-refractivity contribution in [3.05, 3.63) is 64.7 Å². The maximum atomic E-state index is 12.5. The van der Waals surface area contributed by atoms with E-state index in [0.717, 1.165) is 47.8 Å². The molecule has 1 heterocycles. The van der Waals surface area contributed by atoms with Gasteiger partial charge >= 0.3 is 0 Å². The Bertz CT molecular complexity index is 700. The molecule has 2 N–H and O–H groups in total. The van der Waals surface area contributed by atoms with E-state index in [4.69, 9.17) is 0 Å². The van der Waals surface area contributed by atoms with Crippen LogP contribution in [0.1, 0.15) is 39.9 Å². The normalized spacial score (nSPS) is 15.2. The summed E-state index contributed by atoms with van der Waals surface area (Å²) in [7, 11) is 0. The van der Waals surface area contributed by atoms with Crippen molar-refractivity contribution >= 4 is 11.6 Å². The van der Waals surface area contributed by atoms with Crippen LogP contribution in [0.5, 0.6) is 0 Å². The number of benzene rings is 2. The van der Waals surface area contributed by atoms with Crippen LogP contribution in [-0.2, 0) is 6.42 Å². The lowest BCUT2D eigenvalue weighted by Gasteiger charge is -2.22. The molecule has 24 heavy (non-hydrogen) atoms. The lowest BCUT2D eigenvalue weighted by atomic mass is 9.91. The molecule has 1 amide bonds. The van der Waals surface area contributed by atoms with Crippen molar-refractivity contribution in [2.24, 2.45) is 5.92 Å². The van der Waals surface area contributed by atoms with Gasteiger partial charge in [0.25, 0.3) is 5.91 Å². The van der Waals surface area contributed by atoms with E-state index in [9.17, 15) is 4.79 Å². The lowest BCUT2D eigenvalue weighted by molar-refractivity contribution is 0.102. The standard InChI is InChI=1S/C21H26N2O/c1-15-3-4-16(2)20(13-15)21(24)23-19-7-5-17(6-8-19)14-18-9-11-22-12-10-18/h3-8,13,18,22H,9-12,14H2,1-2H3,(H,23,24). The minimum atomic E-state index is -0.0395. The molecule has 3 rings (SSSR count). The highest BCUT2D eigenvalue weighted by atomic mass is 16.1. The van der Waals surface area contributed by atoms with Crippen LogP contribution in [0.25, 0.3) is 0 Å². The lowest BCUT2D eigenvalue weighted by Crippen LogP contribution is -2.28. The summed E-state index contributed by atoms with van der Waals surface area (Å²) < 4.78 is 0. The van der Waals surface area contributed by atoms with Crippen LogP contribution in [0.3, 0.4) is 0 Å². The molecule has 126 valence electrons. The predicted octanol–water partition coefficient (Wildman–Crippen LogP) is 4.10. The fourth-order valence-corrected chi connectivity index (χ4v) is 3.32. The summed E-state index contributed by atoms with van der Waals surface area (Å²) in [5.74, 6) is 0.740. The van der Waals surface area contributed by atoms with Gasteiger partial charge in [-0.2, -0.15) is 0 Å². The second-order valence-electron chi connectivity index (χ2n) is 6.87. The maximum absolute atomic E-state index is 12.5. The number of nitrogens with one attached hydrogen (secondary N) is 2. The number of carbonyl (C=O) groups is 1. The van der Waals surface area contributed by atoms with Gasteiger partial charge in [0.1, 0.15) is 0 Å². The Hall–Kier alpha value is -2.13. The monoisotopic (exact) mass is 322 g/mol. The summed E-state index contributed by atoms with van der Waals surface area (Å²) in [6.45, 7) is 6.24. The molecular weight excluding hydrogens is 296 g/mol. The van der Waals surface area contributed by atoms with Crippen LogP contribution < -0.4 is 10.6 Å². The fourth-order valence-electron chi connectivity index (χ4n) is 3.32. The van der Waals surface area contributed by atoms with E-state index >= 15 is 0 Å². The van der Waals surface area contributed by atoms with Crippen molar-refractivity contribution in [3.63, 3.8) is 0 Å². The third-order valence-corrected chi connectivity index (χ3v) is 4.83. The predicted molar refractivity (Wildman–Crippen MR) is 99.6 cm³/mol. The van der Waals surface area contributed by atoms with E-state index in [2.05, 4.69) is 22.8 Å². The Balaban J connectivity index is 1.63. The zero-order valence-corrected chi connectivity index (χ0v) is 14.6. The van der Waals surface area contributed by atoms with Crippen LogP contribution in [0.15, 0.2) is 42.5 Å². The Labute approximate surface area is 144 Å². The summed E-state index contributed by atoms with van der Waals surface area (Å²) in [4.78, 5) is 12.5. The molecule has 1 aliphatic rings. The smallest absolute Gasteiger partial charge is 0.255 e. The molecule has 0 aromatic heterocycles. The highest BCUT2D eigenvalue weighted by molar-refractivity contribution is 6.05. The molecule has 2 aromatic rings. The minimum absolute atomic E-state index is 0.0395. The van der Waals surface area contributed by atoms with Crippen molar-refractivity contribution in [3.8, 4) is 0 Å². The molecule has 1 aliphatic heterocycles. The average Bonchev–Trinajstić information content (AvgIpc) is 2.59. The molecule has 2 aromatic carbocycles. The first-order valence-electron chi connectivity index (χ1n) is 8.80. The van der Waals surface area contributed by atoms with Crippen LogP contribution >= 0.6 is 0 Å². The first-order valence-corrected chi connectivity index (χ1v) is 8.80. The molecule has 0 radical (unpaired) electrons. The minimum Gasteiger partial charge on any atom is -0.322 e.